The molecular weight excluding hydrogens is 402 g/mol. The fourth-order valence-electron chi connectivity index (χ4n) is 2.86. The number of nitro benzene ring substituents is 1. The van der Waals surface area contributed by atoms with Crippen molar-refractivity contribution in [3.8, 4) is 11.3 Å². The number of carbonyl (C=O) groups is 1. The highest BCUT2D eigenvalue weighted by atomic mass is 32.1. The first-order valence-corrected chi connectivity index (χ1v) is 10.3. The van der Waals surface area contributed by atoms with Crippen LogP contribution in [0.5, 0.6) is 0 Å². The van der Waals surface area contributed by atoms with E-state index in [1.165, 1.54) is 23.5 Å². The zero-order chi connectivity index (χ0) is 21.7. The summed E-state index contributed by atoms with van der Waals surface area (Å²) >= 11 is 1.49. The summed E-state index contributed by atoms with van der Waals surface area (Å²) in [5.41, 5.74) is 2.09. The standard InChI is InChI=1S/C22H23N3O4S/c1-22(2,3)29-21(26)23-13-18(15-9-11-17(12-10-15)25(27)28)20-24-19(14-30-20)16-7-5-4-6-8-16/h4-12,14,18H,13H2,1-3H3,(H,23,26). The van der Waals surface area contributed by atoms with Gasteiger partial charge in [-0.05, 0) is 26.3 Å². The number of nitrogens with one attached hydrogen (secondary N) is 1. The first-order chi connectivity index (χ1) is 14.2. The lowest BCUT2D eigenvalue weighted by Gasteiger charge is -2.21. The predicted octanol–water partition coefficient (Wildman–Crippen LogP) is 5.37. The number of hydrogen-bond acceptors (Lipinski definition) is 6. The van der Waals surface area contributed by atoms with Crippen LogP contribution in [0, 0.1) is 10.1 Å². The number of carbonyl (C=O) groups excluding carboxylic acids is 1. The molecule has 0 spiro atoms. The molecule has 8 heteroatoms. The molecule has 30 heavy (non-hydrogen) atoms. The summed E-state index contributed by atoms with van der Waals surface area (Å²) in [6.45, 7) is 5.66. The van der Waals surface area contributed by atoms with E-state index in [9.17, 15) is 14.9 Å². The Morgan fingerprint density at radius 2 is 1.83 bits per heavy atom. The summed E-state index contributed by atoms with van der Waals surface area (Å²) < 4.78 is 5.33. The summed E-state index contributed by atoms with van der Waals surface area (Å²) in [7, 11) is 0. The van der Waals surface area contributed by atoms with Crippen molar-refractivity contribution in [3.63, 3.8) is 0 Å². The number of amides is 1. The maximum Gasteiger partial charge on any atom is 0.407 e. The van der Waals surface area contributed by atoms with Crippen molar-refractivity contribution >= 4 is 23.1 Å². The zero-order valence-corrected chi connectivity index (χ0v) is 17.8. The van der Waals surface area contributed by atoms with Crippen LogP contribution in [-0.4, -0.2) is 28.1 Å². The third kappa shape index (κ3) is 5.64. The van der Waals surface area contributed by atoms with Crippen LogP contribution < -0.4 is 5.32 Å². The topological polar surface area (TPSA) is 94.4 Å². The average Bonchev–Trinajstić information content (AvgIpc) is 3.18. The number of hydrogen-bond donors (Lipinski definition) is 1. The predicted molar refractivity (Wildman–Crippen MR) is 117 cm³/mol. The van der Waals surface area contributed by atoms with Crippen LogP contribution in [0.1, 0.15) is 37.3 Å². The lowest BCUT2D eigenvalue weighted by molar-refractivity contribution is -0.384. The van der Waals surface area contributed by atoms with E-state index in [1.54, 1.807) is 32.9 Å². The molecule has 0 fully saturated rings. The molecular formula is C22H23N3O4S. The maximum atomic E-state index is 12.2. The fraction of sp³-hybridized carbons (Fsp3) is 0.273. The Morgan fingerprint density at radius 3 is 2.43 bits per heavy atom. The van der Waals surface area contributed by atoms with E-state index in [2.05, 4.69) is 5.32 Å². The van der Waals surface area contributed by atoms with Crippen LogP contribution in [0.2, 0.25) is 0 Å². The second kappa shape index (κ2) is 9.04. The number of non-ortho nitro benzene ring substituents is 1. The Labute approximate surface area is 178 Å². The van der Waals surface area contributed by atoms with Crippen LogP contribution in [0.4, 0.5) is 10.5 Å². The van der Waals surface area contributed by atoms with Gasteiger partial charge in [0.15, 0.2) is 0 Å². The molecule has 0 aliphatic carbocycles. The number of nitrogens with zero attached hydrogens (tertiary/aromatic N) is 2. The number of alkyl carbamates (subject to hydrolysis) is 1. The molecule has 1 heterocycles. The van der Waals surface area contributed by atoms with Gasteiger partial charge in [0.05, 0.1) is 16.5 Å². The molecule has 3 rings (SSSR count). The van der Waals surface area contributed by atoms with Crippen LogP contribution in [0.15, 0.2) is 60.0 Å². The van der Waals surface area contributed by atoms with Gasteiger partial charge < -0.3 is 10.1 Å². The maximum absolute atomic E-state index is 12.2. The molecule has 0 bridgehead atoms. The van der Waals surface area contributed by atoms with Gasteiger partial charge in [0, 0.05) is 29.6 Å². The van der Waals surface area contributed by atoms with Gasteiger partial charge in [-0.3, -0.25) is 10.1 Å². The first kappa shape index (κ1) is 21.4. The summed E-state index contributed by atoms with van der Waals surface area (Å²) in [6.07, 6.45) is -0.519. The molecule has 156 valence electrons. The van der Waals surface area contributed by atoms with E-state index in [0.29, 0.717) is 0 Å². The summed E-state index contributed by atoms with van der Waals surface area (Å²) in [5, 5.41) is 16.5. The highest BCUT2D eigenvalue weighted by molar-refractivity contribution is 7.10. The van der Waals surface area contributed by atoms with Gasteiger partial charge in [0.1, 0.15) is 10.6 Å². The zero-order valence-electron chi connectivity index (χ0n) is 17.0. The number of rotatable bonds is 6. The van der Waals surface area contributed by atoms with Gasteiger partial charge in [-0.1, -0.05) is 42.5 Å². The van der Waals surface area contributed by atoms with Crippen molar-refractivity contribution in [1.82, 2.24) is 10.3 Å². The van der Waals surface area contributed by atoms with Gasteiger partial charge in [0.2, 0.25) is 0 Å². The molecule has 1 aromatic heterocycles. The number of aromatic nitrogens is 1. The van der Waals surface area contributed by atoms with Crippen LogP contribution in [-0.2, 0) is 4.74 Å². The number of benzene rings is 2. The van der Waals surface area contributed by atoms with Gasteiger partial charge >= 0.3 is 6.09 Å². The summed E-state index contributed by atoms with van der Waals surface area (Å²) in [5.74, 6) is -0.263. The molecule has 0 aliphatic rings. The molecule has 2 aromatic carbocycles. The SMILES string of the molecule is CC(C)(C)OC(=O)NCC(c1ccc([N+](=O)[O-])cc1)c1nc(-c2ccccc2)cs1. The molecule has 1 N–H and O–H groups in total. The van der Waals surface area contributed by atoms with Gasteiger partial charge in [0.25, 0.3) is 5.69 Å². The second-order valence-corrected chi connectivity index (χ2v) is 8.61. The third-order valence-corrected chi connectivity index (χ3v) is 5.20. The molecule has 1 atom stereocenters. The molecule has 1 amide bonds. The highest BCUT2D eigenvalue weighted by Gasteiger charge is 2.22. The van der Waals surface area contributed by atoms with Crippen molar-refractivity contribution in [2.24, 2.45) is 0 Å². The Kier molecular flexibility index (Phi) is 6.47. The van der Waals surface area contributed by atoms with E-state index < -0.39 is 16.6 Å². The normalized spacial score (nSPS) is 12.2. The van der Waals surface area contributed by atoms with E-state index in [4.69, 9.17) is 9.72 Å². The van der Waals surface area contributed by atoms with Crippen LogP contribution in [0.25, 0.3) is 11.3 Å². The lowest BCUT2D eigenvalue weighted by Crippen LogP contribution is -2.35. The first-order valence-electron chi connectivity index (χ1n) is 9.45. The van der Waals surface area contributed by atoms with Crippen molar-refractivity contribution in [2.45, 2.75) is 32.3 Å². The third-order valence-electron chi connectivity index (χ3n) is 4.25. The Balaban J connectivity index is 1.86. The Morgan fingerprint density at radius 1 is 1.17 bits per heavy atom. The minimum Gasteiger partial charge on any atom is -0.444 e. The summed E-state index contributed by atoms with van der Waals surface area (Å²) in [4.78, 5) is 27.5. The Bertz CT molecular complexity index is 1010. The fourth-order valence-corrected chi connectivity index (χ4v) is 3.82. The minimum absolute atomic E-state index is 0.0155. The van der Waals surface area contributed by atoms with E-state index in [-0.39, 0.29) is 18.2 Å². The molecule has 3 aromatic rings. The monoisotopic (exact) mass is 425 g/mol. The molecule has 7 nitrogen and oxygen atoms in total. The number of ether oxygens (including phenoxy) is 1. The quantitative estimate of drug-likeness (QED) is 0.423. The number of thiazole rings is 1. The lowest BCUT2D eigenvalue weighted by atomic mass is 9.99. The molecule has 0 saturated carbocycles. The second-order valence-electron chi connectivity index (χ2n) is 7.72. The van der Waals surface area contributed by atoms with Crippen molar-refractivity contribution in [1.29, 1.82) is 0 Å². The van der Waals surface area contributed by atoms with E-state index in [1.807, 2.05) is 35.7 Å². The van der Waals surface area contributed by atoms with Crippen LogP contribution in [0.3, 0.4) is 0 Å². The van der Waals surface area contributed by atoms with Crippen molar-refractivity contribution in [2.75, 3.05) is 6.54 Å². The summed E-state index contributed by atoms with van der Waals surface area (Å²) in [6, 6.07) is 16.1. The average molecular weight is 426 g/mol. The smallest absolute Gasteiger partial charge is 0.407 e. The molecule has 1 unspecified atom stereocenters. The minimum atomic E-state index is -0.603. The molecule has 0 aliphatic heterocycles. The molecule has 0 radical (unpaired) electrons. The number of nitro groups is 1. The molecule has 0 saturated heterocycles. The van der Waals surface area contributed by atoms with Crippen LogP contribution >= 0.6 is 11.3 Å². The van der Waals surface area contributed by atoms with E-state index >= 15 is 0 Å². The van der Waals surface area contributed by atoms with Gasteiger partial charge in [-0.15, -0.1) is 11.3 Å². The highest BCUT2D eigenvalue weighted by Crippen LogP contribution is 2.31. The Hall–Kier alpha value is -3.26. The largest absolute Gasteiger partial charge is 0.444 e. The van der Waals surface area contributed by atoms with Crippen molar-refractivity contribution in [3.05, 3.63) is 80.7 Å². The van der Waals surface area contributed by atoms with E-state index in [0.717, 1.165) is 21.8 Å². The van der Waals surface area contributed by atoms with Crippen molar-refractivity contribution < 1.29 is 14.5 Å². The van der Waals surface area contributed by atoms with Gasteiger partial charge in [-0.25, -0.2) is 9.78 Å². The van der Waals surface area contributed by atoms with Gasteiger partial charge in [-0.2, -0.15) is 0 Å².